The highest BCUT2D eigenvalue weighted by molar-refractivity contribution is 7.22. The van der Waals surface area contributed by atoms with Gasteiger partial charge in [0.15, 0.2) is 16.8 Å². The number of carbonyl (C=O) groups excluding carboxylic acids is 1. The molecule has 1 fully saturated rings. The summed E-state index contributed by atoms with van der Waals surface area (Å²) in [5.74, 6) is -0.406. The maximum Gasteiger partial charge on any atom is 0.323 e. The minimum Gasteiger partial charge on any atom is -0.390 e. The molecule has 164 valence electrons. The van der Waals surface area contributed by atoms with E-state index in [1.165, 1.54) is 30.5 Å². The van der Waals surface area contributed by atoms with E-state index in [1.807, 2.05) is 31.2 Å². The van der Waals surface area contributed by atoms with Crippen LogP contribution < -0.4 is 10.2 Å². The second kappa shape index (κ2) is 8.74. The van der Waals surface area contributed by atoms with Gasteiger partial charge in [-0.1, -0.05) is 23.5 Å². The number of amides is 2. The molecule has 3 heterocycles. The average molecular weight is 446 g/mol. The van der Waals surface area contributed by atoms with E-state index in [9.17, 15) is 19.4 Å². The molecule has 0 aliphatic carbocycles. The summed E-state index contributed by atoms with van der Waals surface area (Å²) in [4.78, 5) is 24.8. The van der Waals surface area contributed by atoms with Gasteiger partial charge in [0.2, 0.25) is 0 Å². The number of urea groups is 1. The number of para-hydroxylation sites is 1. The van der Waals surface area contributed by atoms with Crippen LogP contribution in [-0.2, 0) is 0 Å². The Morgan fingerprint density at radius 3 is 2.77 bits per heavy atom. The molecule has 2 aromatic heterocycles. The van der Waals surface area contributed by atoms with Gasteiger partial charge in [0, 0.05) is 37.4 Å². The number of carbonyl (C=O) groups is 1. The van der Waals surface area contributed by atoms with Gasteiger partial charge < -0.3 is 20.0 Å². The summed E-state index contributed by atoms with van der Waals surface area (Å²) in [6.45, 7) is 4.54. The summed E-state index contributed by atoms with van der Waals surface area (Å²) in [6, 6.07) is 8.47. The quantitative estimate of drug-likeness (QED) is 0.571. The van der Waals surface area contributed by atoms with Crippen molar-refractivity contribution in [1.29, 1.82) is 0 Å². The molecule has 3 N–H and O–H groups in total. The predicted molar refractivity (Wildman–Crippen MR) is 118 cm³/mol. The third-order valence-electron chi connectivity index (χ3n) is 5.34. The number of fused-ring (bicyclic) bond motifs is 1. The largest absolute Gasteiger partial charge is 0.390 e. The number of aliphatic hydroxyl groups is 2. The minimum atomic E-state index is -1.20. The van der Waals surface area contributed by atoms with Crippen LogP contribution in [0.15, 0.2) is 36.5 Å². The molecule has 8 nitrogen and oxygen atoms in total. The summed E-state index contributed by atoms with van der Waals surface area (Å²) in [6.07, 6.45) is -0.852. The number of thiazole rings is 1. The first-order valence-electron chi connectivity index (χ1n) is 10.0. The molecule has 1 unspecified atom stereocenters. The van der Waals surface area contributed by atoms with Crippen molar-refractivity contribution in [3.05, 3.63) is 47.9 Å². The molecule has 3 atom stereocenters. The van der Waals surface area contributed by atoms with Crippen molar-refractivity contribution < 1.29 is 19.4 Å². The number of halogens is 1. The summed E-state index contributed by atoms with van der Waals surface area (Å²) < 4.78 is 15.7. The van der Waals surface area contributed by atoms with E-state index in [4.69, 9.17) is 0 Å². The zero-order chi connectivity index (χ0) is 22.1. The summed E-state index contributed by atoms with van der Waals surface area (Å²) in [5, 5.41) is 22.8. The van der Waals surface area contributed by atoms with Crippen molar-refractivity contribution in [1.82, 2.24) is 14.9 Å². The van der Waals surface area contributed by atoms with Crippen molar-refractivity contribution in [2.24, 2.45) is 0 Å². The Balaban J connectivity index is 1.41. The Morgan fingerprint density at radius 1 is 1.32 bits per heavy atom. The second-order valence-corrected chi connectivity index (χ2v) is 8.70. The topological polar surface area (TPSA) is 102 Å². The van der Waals surface area contributed by atoms with Crippen LogP contribution in [0.5, 0.6) is 0 Å². The fourth-order valence-electron chi connectivity index (χ4n) is 3.65. The van der Waals surface area contributed by atoms with Crippen molar-refractivity contribution in [2.45, 2.75) is 32.1 Å². The Hall–Kier alpha value is -2.82. The number of rotatable bonds is 4. The lowest BCUT2D eigenvalue weighted by atomic mass is 10.1. The van der Waals surface area contributed by atoms with E-state index in [0.717, 1.165) is 10.2 Å². The van der Waals surface area contributed by atoms with E-state index < -0.39 is 18.0 Å². The van der Waals surface area contributed by atoms with Crippen LogP contribution in [0.3, 0.4) is 0 Å². The van der Waals surface area contributed by atoms with Crippen molar-refractivity contribution in [3.63, 3.8) is 0 Å². The van der Waals surface area contributed by atoms with E-state index in [1.54, 1.807) is 9.80 Å². The van der Waals surface area contributed by atoms with Gasteiger partial charge in [0.05, 0.1) is 16.3 Å². The van der Waals surface area contributed by atoms with Gasteiger partial charge in [0.1, 0.15) is 6.10 Å². The molecule has 1 saturated heterocycles. The van der Waals surface area contributed by atoms with E-state index in [-0.39, 0.29) is 23.5 Å². The highest BCUT2D eigenvalue weighted by Gasteiger charge is 2.30. The highest BCUT2D eigenvalue weighted by atomic mass is 32.1. The summed E-state index contributed by atoms with van der Waals surface area (Å²) >= 11 is 1.42. The molecule has 1 aliphatic heterocycles. The first kappa shape index (κ1) is 21.4. The molecule has 1 aliphatic rings. The molecule has 2 amide bonds. The van der Waals surface area contributed by atoms with Crippen LogP contribution in [0.4, 0.5) is 20.1 Å². The number of hydrogen-bond acceptors (Lipinski definition) is 7. The number of nitrogens with zero attached hydrogens (tertiary/aromatic N) is 4. The van der Waals surface area contributed by atoms with E-state index in [2.05, 4.69) is 15.3 Å². The van der Waals surface area contributed by atoms with Crippen LogP contribution in [0.1, 0.15) is 25.5 Å². The molecule has 3 aromatic rings. The fraction of sp³-hybridized carbons (Fsp3) is 0.381. The zero-order valence-corrected chi connectivity index (χ0v) is 18.0. The number of nitrogens with one attached hydrogen (secondary N) is 1. The first-order chi connectivity index (χ1) is 14.8. The molecule has 0 spiro atoms. The Kier molecular flexibility index (Phi) is 6.03. The lowest BCUT2D eigenvalue weighted by molar-refractivity contribution is 0.0301. The Labute approximate surface area is 183 Å². The third kappa shape index (κ3) is 4.46. The normalized spacial score (nSPS) is 18.8. The predicted octanol–water partition coefficient (Wildman–Crippen LogP) is 2.99. The van der Waals surface area contributed by atoms with Gasteiger partial charge in [-0.3, -0.25) is 5.32 Å². The van der Waals surface area contributed by atoms with Crippen LogP contribution in [0.2, 0.25) is 0 Å². The highest BCUT2D eigenvalue weighted by Crippen LogP contribution is 2.27. The number of aliphatic hydroxyl groups excluding tert-OH is 2. The summed E-state index contributed by atoms with van der Waals surface area (Å²) in [7, 11) is 0. The number of hydrogen-bond donors (Lipinski definition) is 3. The number of anilines is 2. The van der Waals surface area contributed by atoms with Crippen molar-refractivity contribution in [3.8, 4) is 0 Å². The van der Waals surface area contributed by atoms with Gasteiger partial charge >= 0.3 is 6.03 Å². The molecule has 0 radical (unpaired) electrons. The van der Waals surface area contributed by atoms with Gasteiger partial charge in [-0.15, -0.1) is 0 Å². The Morgan fingerprint density at radius 2 is 2.10 bits per heavy atom. The molecule has 10 heteroatoms. The van der Waals surface area contributed by atoms with Crippen LogP contribution in [-0.4, -0.2) is 62.9 Å². The maximum absolute atomic E-state index is 14.7. The number of aromatic nitrogens is 2. The second-order valence-electron chi connectivity index (χ2n) is 7.66. The number of piperazine rings is 1. The van der Waals surface area contributed by atoms with Crippen molar-refractivity contribution >= 4 is 38.5 Å². The van der Waals surface area contributed by atoms with Crippen LogP contribution in [0.25, 0.3) is 10.2 Å². The Bertz CT molecular complexity index is 1060. The van der Waals surface area contributed by atoms with Gasteiger partial charge in [-0.05, 0) is 32.0 Å². The molecule has 4 rings (SSSR count). The van der Waals surface area contributed by atoms with E-state index in [0.29, 0.717) is 24.8 Å². The first-order valence-corrected chi connectivity index (χ1v) is 10.8. The van der Waals surface area contributed by atoms with Gasteiger partial charge in [-0.25, -0.2) is 19.2 Å². The van der Waals surface area contributed by atoms with Crippen LogP contribution >= 0.6 is 11.3 Å². The molecule has 31 heavy (non-hydrogen) atoms. The monoisotopic (exact) mass is 445 g/mol. The minimum absolute atomic E-state index is 0.163. The van der Waals surface area contributed by atoms with E-state index >= 15 is 0 Å². The lowest BCUT2D eigenvalue weighted by Gasteiger charge is -2.40. The number of benzene rings is 1. The molecule has 1 aromatic carbocycles. The molecule has 0 bridgehead atoms. The molecular formula is C21H24FN5O3S. The zero-order valence-electron chi connectivity index (χ0n) is 17.2. The fourth-order valence-corrected chi connectivity index (χ4v) is 4.51. The van der Waals surface area contributed by atoms with Gasteiger partial charge in [-0.2, -0.15) is 0 Å². The van der Waals surface area contributed by atoms with Gasteiger partial charge in [0.25, 0.3) is 0 Å². The molecule has 0 saturated carbocycles. The molecular weight excluding hydrogens is 421 g/mol. The smallest absolute Gasteiger partial charge is 0.323 e. The average Bonchev–Trinajstić information content (AvgIpc) is 3.15. The maximum atomic E-state index is 14.7. The van der Waals surface area contributed by atoms with Crippen LogP contribution in [0, 0.1) is 5.82 Å². The SMILES string of the molecule is CC1CN(C(=O)Nc2nc3ccccc3s2)CCN1c1ncc([C@@H](O)[C@@H](C)O)cc1F. The lowest BCUT2D eigenvalue weighted by Crippen LogP contribution is -2.55. The third-order valence-corrected chi connectivity index (χ3v) is 6.29. The standard InChI is InChI=1S/C21H24FN5O3S/c1-12-11-26(21(30)25-20-24-16-5-3-4-6-17(16)31-20)7-8-27(12)19-15(22)9-14(10-23-19)18(29)13(2)28/h3-6,9-10,12-13,18,28-29H,7-8,11H2,1-2H3,(H,24,25,30)/t12?,13-,18+/m1/s1. The van der Waals surface area contributed by atoms with Crippen molar-refractivity contribution in [2.75, 3.05) is 29.9 Å². The number of pyridine rings is 1. The summed E-state index contributed by atoms with van der Waals surface area (Å²) in [5.41, 5.74) is 1.06.